The average molecular weight is 524 g/mol. The van der Waals surface area contributed by atoms with Crippen LogP contribution in [0, 0.1) is 0 Å². The highest BCUT2D eigenvalue weighted by atomic mass is 16.6. The molecular formula is C26H29N5O7. The molecule has 3 aromatic rings. The highest BCUT2D eigenvalue weighted by Crippen LogP contribution is 2.15. The summed E-state index contributed by atoms with van der Waals surface area (Å²) in [6, 6.07) is 14.1. The smallest absolute Gasteiger partial charge is 0.408 e. The highest BCUT2D eigenvalue weighted by molar-refractivity contribution is 5.91. The van der Waals surface area contributed by atoms with Gasteiger partial charge >= 0.3 is 18.0 Å². The van der Waals surface area contributed by atoms with Gasteiger partial charge in [-0.3, -0.25) is 9.59 Å². The van der Waals surface area contributed by atoms with Crippen LogP contribution >= 0.6 is 0 Å². The fourth-order valence-corrected chi connectivity index (χ4v) is 3.25. The molecule has 2 aromatic carbocycles. The number of carbonyl (C=O) groups excluding carboxylic acids is 4. The molecule has 0 spiro atoms. The van der Waals surface area contributed by atoms with Crippen molar-refractivity contribution in [1.29, 1.82) is 0 Å². The van der Waals surface area contributed by atoms with Crippen LogP contribution in [0.2, 0.25) is 0 Å². The molecule has 3 rings (SSSR count). The highest BCUT2D eigenvalue weighted by Gasteiger charge is 2.28. The van der Waals surface area contributed by atoms with Gasteiger partial charge in [-0.1, -0.05) is 42.5 Å². The fourth-order valence-electron chi connectivity index (χ4n) is 3.25. The van der Waals surface area contributed by atoms with E-state index in [0.29, 0.717) is 11.1 Å². The van der Waals surface area contributed by atoms with Crippen molar-refractivity contribution in [2.24, 2.45) is 0 Å². The van der Waals surface area contributed by atoms with Crippen molar-refractivity contribution in [1.82, 2.24) is 25.5 Å². The summed E-state index contributed by atoms with van der Waals surface area (Å²) < 4.78 is 15.2. The zero-order chi connectivity index (χ0) is 27.7. The molecule has 0 bridgehead atoms. The SMILES string of the molecule is COC(=O)c1ccc(-c2nnn(CC(=O)C(CC(=O)OC(C)(C)C)NC(=O)OCc3ccccc3)n2)cc1. The van der Waals surface area contributed by atoms with Gasteiger partial charge in [0.2, 0.25) is 5.82 Å². The van der Waals surface area contributed by atoms with Crippen LogP contribution in [0.15, 0.2) is 54.6 Å². The predicted molar refractivity (Wildman–Crippen MR) is 134 cm³/mol. The number of methoxy groups -OCH3 is 1. The second kappa shape index (κ2) is 12.6. The number of rotatable bonds is 10. The Hall–Kier alpha value is -4.61. The molecule has 38 heavy (non-hydrogen) atoms. The third kappa shape index (κ3) is 8.50. The van der Waals surface area contributed by atoms with Crippen molar-refractivity contribution < 1.29 is 33.4 Å². The molecule has 1 atom stereocenters. The molecule has 200 valence electrons. The number of tetrazole rings is 1. The number of nitrogens with zero attached hydrogens (tertiary/aromatic N) is 4. The number of benzene rings is 2. The zero-order valence-corrected chi connectivity index (χ0v) is 21.5. The number of Topliss-reactive ketones (excluding diaryl/α,β-unsaturated/α-hetero) is 1. The first-order valence-electron chi connectivity index (χ1n) is 11.7. The molecule has 0 saturated heterocycles. The molecular weight excluding hydrogens is 494 g/mol. The molecule has 0 radical (unpaired) electrons. The van der Waals surface area contributed by atoms with Crippen LogP contribution in [0.5, 0.6) is 0 Å². The third-order valence-corrected chi connectivity index (χ3v) is 5.00. The number of ether oxygens (including phenoxy) is 3. The second-order valence-corrected chi connectivity index (χ2v) is 9.23. The number of aromatic nitrogens is 4. The molecule has 1 unspecified atom stereocenters. The van der Waals surface area contributed by atoms with Gasteiger partial charge < -0.3 is 19.5 Å². The minimum Gasteiger partial charge on any atom is -0.465 e. The first-order valence-corrected chi connectivity index (χ1v) is 11.7. The molecule has 0 aliphatic heterocycles. The monoisotopic (exact) mass is 523 g/mol. The van der Waals surface area contributed by atoms with Gasteiger partial charge in [-0.15, -0.1) is 10.2 Å². The number of alkyl carbamates (subject to hydrolysis) is 1. The number of nitrogens with one attached hydrogen (secondary N) is 1. The standard InChI is InChI=1S/C26H29N5O7/c1-26(2,3)38-22(33)14-20(27-25(35)37-16-17-8-6-5-7-9-17)21(32)15-31-29-23(28-30-31)18-10-12-19(13-11-18)24(34)36-4/h5-13,20H,14-16H2,1-4H3,(H,27,35). The van der Waals surface area contributed by atoms with Gasteiger partial charge in [-0.25, -0.2) is 9.59 Å². The second-order valence-electron chi connectivity index (χ2n) is 9.23. The molecule has 0 aliphatic carbocycles. The van der Waals surface area contributed by atoms with Gasteiger partial charge in [0, 0.05) is 5.56 Å². The Bertz CT molecular complexity index is 1270. The van der Waals surface area contributed by atoms with E-state index < -0.39 is 41.9 Å². The molecule has 0 aliphatic rings. The van der Waals surface area contributed by atoms with Gasteiger partial charge in [0.1, 0.15) is 24.8 Å². The van der Waals surface area contributed by atoms with Gasteiger partial charge in [-0.2, -0.15) is 4.80 Å². The zero-order valence-electron chi connectivity index (χ0n) is 21.5. The maximum absolute atomic E-state index is 13.1. The van der Waals surface area contributed by atoms with Gasteiger partial charge in [0.05, 0.1) is 19.1 Å². The van der Waals surface area contributed by atoms with E-state index in [1.807, 2.05) is 6.07 Å². The number of ketones is 1. The maximum atomic E-state index is 13.1. The Morgan fingerprint density at radius 3 is 2.32 bits per heavy atom. The Morgan fingerprint density at radius 2 is 1.68 bits per heavy atom. The Labute approximate surface area is 219 Å². The predicted octanol–water partition coefficient (Wildman–Crippen LogP) is 2.72. The largest absolute Gasteiger partial charge is 0.465 e. The first-order chi connectivity index (χ1) is 18.0. The minimum atomic E-state index is -1.25. The molecule has 1 heterocycles. The number of amides is 1. The summed E-state index contributed by atoms with van der Waals surface area (Å²) in [6.07, 6.45) is -1.28. The first kappa shape index (κ1) is 28.0. The lowest BCUT2D eigenvalue weighted by molar-refractivity contribution is -0.156. The molecule has 1 N–H and O–H groups in total. The van der Waals surface area contributed by atoms with Crippen molar-refractivity contribution in [2.75, 3.05) is 7.11 Å². The van der Waals surface area contributed by atoms with Crippen molar-refractivity contribution in [3.05, 3.63) is 65.7 Å². The summed E-state index contributed by atoms with van der Waals surface area (Å²) in [7, 11) is 1.29. The van der Waals surface area contributed by atoms with Crippen LogP contribution in [0.4, 0.5) is 4.79 Å². The van der Waals surface area contributed by atoms with E-state index in [2.05, 4.69) is 25.5 Å². The molecule has 1 aromatic heterocycles. The molecule has 0 saturated carbocycles. The van der Waals surface area contributed by atoms with Crippen molar-refractivity contribution in [2.45, 2.75) is 52.0 Å². The van der Waals surface area contributed by atoms with E-state index in [-0.39, 0.29) is 19.0 Å². The summed E-state index contributed by atoms with van der Waals surface area (Å²) >= 11 is 0. The molecule has 0 fully saturated rings. The van der Waals surface area contributed by atoms with Crippen molar-refractivity contribution in [3.63, 3.8) is 0 Å². The Morgan fingerprint density at radius 1 is 1.00 bits per heavy atom. The van der Waals surface area contributed by atoms with E-state index >= 15 is 0 Å². The van der Waals surface area contributed by atoms with Gasteiger partial charge in [0.15, 0.2) is 5.78 Å². The molecule has 12 nitrogen and oxygen atoms in total. The van der Waals surface area contributed by atoms with E-state index in [4.69, 9.17) is 9.47 Å². The van der Waals surface area contributed by atoms with Crippen molar-refractivity contribution >= 4 is 23.8 Å². The van der Waals surface area contributed by atoms with Crippen LogP contribution in [-0.2, 0) is 37.0 Å². The van der Waals surface area contributed by atoms with E-state index in [9.17, 15) is 19.2 Å². The van der Waals surface area contributed by atoms with Gasteiger partial charge in [-0.05, 0) is 43.7 Å². The Kier molecular flexibility index (Phi) is 9.25. The van der Waals surface area contributed by atoms with E-state index in [1.165, 1.54) is 7.11 Å². The normalized spacial score (nSPS) is 11.8. The lowest BCUT2D eigenvalue weighted by Crippen LogP contribution is -2.45. The average Bonchev–Trinajstić information content (AvgIpc) is 3.34. The van der Waals surface area contributed by atoms with Crippen LogP contribution in [0.25, 0.3) is 11.4 Å². The number of hydrogen-bond acceptors (Lipinski definition) is 10. The summed E-state index contributed by atoms with van der Waals surface area (Å²) in [5, 5.41) is 14.5. The molecule has 12 heteroatoms. The Balaban J connectivity index is 1.68. The van der Waals surface area contributed by atoms with Gasteiger partial charge in [0.25, 0.3) is 0 Å². The van der Waals surface area contributed by atoms with Crippen molar-refractivity contribution in [3.8, 4) is 11.4 Å². The third-order valence-electron chi connectivity index (χ3n) is 5.00. The lowest BCUT2D eigenvalue weighted by Gasteiger charge is -2.22. The molecule has 1 amide bonds. The number of hydrogen-bond donors (Lipinski definition) is 1. The summed E-state index contributed by atoms with van der Waals surface area (Å²) in [4.78, 5) is 50.6. The summed E-state index contributed by atoms with van der Waals surface area (Å²) in [6.45, 7) is 4.70. The number of esters is 2. The van der Waals surface area contributed by atoms with E-state index in [1.54, 1.807) is 69.3 Å². The van der Waals surface area contributed by atoms with Crippen LogP contribution < -0.4 is 5.32 Å². The van der Waals surface area contributed by atoms with E-state index in [0.717, 1.165) is 10.4 Å². The van der Waals surface area contributed by atoms with Crippen LogP contribution in [-0.4, -0.2) is 62.8 Å². The summed E-state index contributed by atoms with van der Waals surface area (Å²) in [5.41, 5.74) is 0.902. The minimum absolute atomic E-state index is 0.0111. The maximum Gasteiger partial charge on any atom is 0.408 e. The number of carbonyl (C=O) groups is 4. The van der Waals surface area contributed by atoms with Crippen LogP contribution in [0.1, 0.15) is 43.1 Å². The van der Waals surface area contributed by atoms with Crippen LogP contribution in [0.3, 0.4) is 0 Å². The summed E-state index contributed by atoms with van der Waals surface area (Å²) in [5.74, 6) is -1.49. The lowest BCUT2D eigenvalue weighted by atomic mass is 10.1. The quantitative estimate of drug-likeness (QED) is 0.310. The topological polar surface area (TPSA) is 152 Å². The fraction of sp³-hybridized carbons (Fsp3) is 0.346.